The Morgan fingerprint density at radius 3 is 2.61 bits per heavy atom. The van der Waals surface area contributed by atoms with Gasteiger partial charge in [0.1, 0.15) is 4.90 Å². The number of pyridine rings is 1. The molecule has 0 radical (unpaired) electrons. The second kappa shape index (κ2) is 10.4. The molecule has 1 unspecified atom stereocenters. The lowest BCUT2D eigenvalue weighted by Gasteiger charge is -2.33. The van der Waals surface area contributed by atoms with E-state index in [1.54, 1.807) is 21.6 Å². The number of likely N-dealkylation sites (tertiary alicyclic amines) is 1. The van der Waals surface area contributed by atoms with Crippen molar-refractivity contribution in [2.75, 3.05) is 37.7 Å². The van der Waals surface area contributed by atoms with Gasteiger partial charge in [-0.25, -0.2) is 26.9 Å². The fraction of sp³-hybridized carbons (Fsp3) is 0.565. The number of morpholine rings is 1. The zero-order valence-electron chi connectivity index (χ0n) is 21.0. The normalized spacial score (nSPS) is 20.7. The summed E-state index contributed by atoms with van der Waals surface area (Å²) in [6.45, 7) is 7.45. The van der Waals surface area contributed by atoms with Crippen molar-refractivity contribution < 1.29 is 28.2 Å². The SMILES string of the molecule is CC1CN(c2cc(S(=O)(=O)NC3(C)CC3)cn3c(-c4nnc(C(F)F)s4)ncc23)CCO1.O=CN1CCC1.[HH]. The Hall–Kier alpha value is -2.75. The molecule has 5 heterocycles. The number of hydrogen-bond acceptors (Lipinski definition) is 9. The maximum Gasteiger partial charge on any atom is 0.291 e. The van der Waals surface area contributed by atoms with E-state index in [0.717, 1.165) is 43.7 Å². The molecule has 3 fully saturated rings. The molecule has 38 heavy (non-hydrogen) atoms. The highest BCUT2D eigenvalue weighted by atomic mass is 32.2. The molecule has 6 rings (SSSR count). The van der Waals surface area contributed by atoms with Gasteiger partial charge in [-0.05, 0) is 39.2 Å². The van der Waals surface area contributed by atoms with Crippen molar-refractivity contribution in [3.8, 4) is 10.8 Å². The first kappa shape index (κ1) is 26.8. The number of rotatable bonds is 7. The Morgan fingerprint density at radius 2 is 2.05 bits per heavy atom. The van der Waals surface area contributed by atoms with Crippen LogP contribution in [0.5, 0.6) is 0 Å². The highest BCUT2D eigenvalue weighted by Crippen LogP contribution is 2.37. The van der Waals surface area contributed by atoms with Crippen molar-refractivity contribution in [1.82, 2.24) is 29.2 Å². The summed E-state index contributed by atoms with van der Waals surface area (Å²) in [5.74, 6) is 0.265. The third-order valence-electron chi connectivity index (χ3n) is 6.73. The summed E-state index contributed by atoms with van der Waals surface area (Å²) in [6, 6.07) is 1.64. The van der Waals surface area contributed by atoms with Gasteiger partial charge in [0.15, 0.2) is 15.8 Å². The molecule has 1 saturated carbocycles. The predicted molar refractivity (Wildman–Crippen MR) is 139 cm³/mol. The van der Waals surface area contributed by atoms with Crippen LogP contribution in [0.25, 0.3) is 16.3 Å². The third kappa shape index (κ3) is 5.65. The number of ether oxygens (including phenoxy) is 1. The zero-order valence-corrected chi connectivity index (χ0v) is 22.6. The summed E-state index contributed by atoms with van der Waals surface area (Å²) in [4.78, 5) is 18.0. The predicted octanol–water partition coefficient (Wildman–Crippen LogP) is 2.94. The monoisotopic (exact) mass is 571 g/mol. The molecule has 1 amide bonds. The van der Waals surface area contributed by atoms with Crippen LogP contribution in [-0.2, 0) is 19.6 Å². The zero-order chi connectivity index (χ0) is 27.1. The minimum Gasteiger partial charge on any atom is -0.375 e. The number of amides is 1. The van der Waals surface area contributed by atoms with E-state index in [4.69, 9.17) is 4.74 Å². The Kier molecular flexibility index (Phi) is 7.37. The van der Waals surface area contributed by atoms with E-state index in [0.29, 0.717) is 30.9 Å². The van der Waals surface area contributed by atoms with Crippen LogP contribution >= 0.6 is 11.3 Å². The van der Waals surface area contributed by atoms with Gasteiger partial charge in [-0.3, -0.25) is 9.20 Å². The molecule has 11 nitrogen and oxygen atoms in total. The number of nitrogens with one attached hydrogen (secondary N) is 1. The van der Waals surface area contributed by atoms with Crippen molar-refractivity contribution in [1.29, 1.82) is 0 Å². The first-order valence-corrected chi connectivity index (χ1v) is 14.6. The number of sulfonamides is 1. The second-order valence-electron chi connectivity index (χ2n) is 9.93. The van der Waals surface area contributed by atoms with Gasteiger partial charge in [0, 0.05) is 39.3 Å². The molecule has 3 aromatic rings. The smallest absolute Gasteiger partial charge is 0.291 e. The summed E-state index contributed by atoms with van der Waals surface area (Å²) in [5.41, 5.74) is 0.894. The molecule has 3 aliphatic rings. The highest BCUT2D eigenvalue weighted by molar-refractivity contribution is 7.89. The molecule has 0 aromatic carbocycles. The number of aromatic nitrogens is 4. The van der Waals surface area contributed by atoms with Crippen LogP contribution in [0, 0.1) is 0 Å². The number of hydrogen-bond donors (Lipinski definition) is 1. The van der Waals surface area contributed by atoms with E-state index >= 15 is 0 Å². The lowest BCUT2D eigenvalue weighted by atomic mass is 10.2. The average Bonchev–Trinajstić information content (AvgIpc) is 3.23. The Bertz CT molecular complexity index is 1430. The number of alkyl halides is 2. The Labute approximate surface area is 224 Å². The van der Waals surface area contributed by atoms with Crippen molar-refractivity contribution in [2.24, 2.45) is 0 Å². The van der Waals surface area contributed by atoms with Crippen LogP contribution < -0.4 is 9.62 Å². The fourth-order valence-corrected chi connectivity index (χ4v) is 6.36. The quantitative estimate of drug-likeness (QED) is 0.430. The van der Waals surface area contributed by atoms with Crippen molar-refractivity contribution in [2.45, 2.75) is 56.1 Å². The van der Waals surface area contributed by atoms with Crippen LogP contribution in [-0.4, -0.2) is 83.7 Å². The lowest BCUT2D eigenvalue weighted by Crippen LogP contribution is -2.41. The minimum absolute atomic E-state index is 0. The van der Waals surface area contributed by atoms with Gasteiger partial charge in [0.05, 0.1) is 30.1 Å². The number of carbonyl (C=O) groups excluding carboxylic acids is 1. The molecule has 2 saturated heterocycles. The molecule has 0 spiro atoms. The van der Waals surface area contributed by atoms with E-state index in [2.05, 4.69) is 24.8 Å². The van der Waals surface area contributed by atoms with Gasteiger partial charge in [-0.1, -0.05) is 11.3 Å². The van der Waals surface area contributed by atoms with Crippen LogP contribution in [0.15, 0.2) is 23.4 Å². The molecule has 1 aliphatic carbocycles. The van der Waals surface area contributed by atoms with Crippen LogP contribution in [0.1, 0.15) is 46.0 Å². The van der Waals surface area contributed by atoms with Gasteiger partial charge in [0.2, 0.25) is 16.4 Å². The minimum atomic E-state index is -3.82. The number of carbonyl (C=O) groups is 1. The molecular formula is C23H31F2N7O4S2. The molecule has 208 valence electrons. The van der Waals surface area contributed by atoms with Gasteiger partial charge in [-0.15, -0.1) is 10.2 Å². The van der Waals surface area contributed by atoms with E-state index in [1.807, 2.05) is 13.8 Å². The average molecular weight is 572 g/mol. The van der Waals surface area contributed by atoms with E-state index < -0.39 is 27.0 Å². The molecule has 1 atom stereocenters. The summed E-state index contributed by atoms with van der Waals surface area (Å²) in [7, 11) is -3.82. The first-order valence-electron chi connectivity index (χ1n) is 12.3. The molecule has 3 aromatic heterocycles. The molecular weight excluding hydrogens is 540 g/mol. The fourth-order valence-electron chi connectivity index (χ4n) is 4.18. The lowest BCUT2D eigenvalue weighted by molar-refractivity contribution is -0.121. The molecule has 2 aliphatic heterocycles. The first-order chi connectivity index (χ1) is 18.1. The summed E-state index contributed by atoms with van der Waals surface area (Å²) < 4.78 is 62.4. The number of anilines is 1. The van der Waals surface area contributed by atoms with Crippen molar-refractivity contribution >= 4 is 39.0 Å². The Balaban J connectivity index is 0.000000447. The second-order valence-corrected chi connectivity index (χ2v) is 12.6. The van der Waals surface area contributed by atoms with Gasteiger partial charge in [0.25, 0.3) is 6.43 Å². The van der Waals surface area contributed by atoms with Crippen LogP contribution in [0.3, 0.4) is 0 Å². The van der Waals surface area contributed by atoms with Crippen LogP contribution in [0.2, 0.25) is 0 Å². The van der Waals surface area contributed by atoms with E-state index in [9.17, 15) is 22.0 Å². The number of fused-ring (bicyclic) bond motifs is 1. The Morgan fingerprint density at radius 1 is 1.29 bits per heavy atom. The number of imidazole rings is 1. The maximum absolute atomic E-state index is 13.2. The van der Waals surface area contributed by atoms with E-state index in [1.165, 1.54) is 12.6 Å². The number of halogens is 2. The number of nitrogens with zero attached hydrogens (tertiary/aromatic N) is 6. The van der Waals surface area contributed by atoms with Gasteiger partial charge < -0.3 is 14.5 Å². The highest BCUT2D eigenvalue weighted by Gasteiger charge is 2.41. The van der Waals surface area contributed by atoms with Crippen LogP contribution in [0.4, 0.5) is 14.5 Å². The van der Waals surface area contributed by atoms with Gasteiger partial charge >= 0.3 is 0 Å². The maximum atomic E-state index is 13.2. The summed E-state index contributed by atoms with van der Waals surface area (Å²) in [6.07, 6.45) is 3.94. The van der Waals surface area contributed by atoms with Crippen molar-refractivity contribution in [3.63, 3.8) is 0 Å². The summed E-state index contributed by atoms with van der Waals surface area (Å²) in [5, 5.41) is 7.17. The largest absolute Gasteiger partial charge is 0.375 e. The van der Waals surface area contributed by atoms with E-state index in [-0.39, 0.29) is 23.3 Å². The standard InChI is InChI=1S/C19H22F2N6O3S2.C4H7NO.H2/c1-11-9-26(5-6-30-11)13-7-12(32(28,29)25-19(2)3-4-19)10-27-14(13)8-22-16(27)18-24-23-17(31-18)15(20)21;6-4-5-2-1-3-5;/h7-8,10-11,15,25H,3-6,9H2,1-2H3;4H,1-3H2;1H. The molecule has 1 N–H and O–H groups in total. The summed E-state index contributed by atoms with van der Waals surface area (Å²) >= 11 is 0.735. The van der Waals surface area contributed by atoms with Gasteiger partial charge in [-0.2, -0.15) is 0 Å². The molecule has 0 bridgehead atoms. The third-order valence-corrected chi connectivity index (χ3v) is 9.26. The van der Waals surface area contributed by atoms with Crippen molar-refractivity contribution in [3.05, 3.63) is 23.5 Å². The topological polar surface area (TPSA) is 122 Å². The molecule has 15 heteroatoms.